The number of anilines is 1. The van der Waals surface area contributed by atoms with E-state index in [0.717, 1.165) is 31.4 Å². The lowest BCUT2D eigenvalue weighted by molar-refractivity contribution is -0.308. The summed E-state index contributed by atoms with van der Waals surface area (Å²) in [7, 11) is 0. The van der Waals surface area contributed by atoms with Crippen molar-refractivity contribution in [3.63, 3.8) is 0 Å². The van der Waals surface area contributed by atoms with Crippen LogP contribution in [0.1, 0.15) is 24.8 Å². The van der Waals surface area contributed by atoms with E-state index in [4.69, 9.17) is 21.1 Å². The molecule has 2 aliphatic rings. The first-order valence-electron chi connectivity index (χ1n) is 7.50. The highest BCUT2D eigenvalue weighted by atomic mass is 35.5. The van der Waals surface area contributed by atoms with Crippen LogP contribution in [-0.2, 0) is 15.7 Å². The molecule has 0 bridgehead atoms. The number of benzene rings is 1. The molecule has 1 saturated heterocycles. The lowest BCUT2D eigenvalue weighted by atomic mass is 9.90. The van der Waals surface area contributed by atoms with Gasteiger partial charge in [-0.25, -0.2) is 4.79 Å². The summed E-state index contributed by atoms with van der Waals surface area (Å²) in [6.45, 7) is 0.615. The molecule has 3 rings (SSSR count). The highest BCUT2D eigenvalue weighted by Crippen LogP contribution is 2.39. The molecule has 9 heteroatoms. The zero-order valence-corrected chi connectivity index (χ0v) is 13.3. The van der Waals surface area contributed by atoms with Crippen LogP contribution in [0.5, 0.6) is 0 Å². The minimum absolute atomic E-state index is 0.00247. The second-order valence-corrected chi connectivity index (χ2v) is 6.28. The molecule has 1 aliphatic heterocycles. The summed E-state index contributed by atoms with van der Waals surface area (Å²) in [6, 6.07) is 2.19. The largest absolute Gasteiger partial charge is 0.417 e. The molecule has 1 heterocycles. The molecule has 24 heavy (non-hydrogen) atoms. The van der Waals surface area contributed by atoms with E-state index < -0.39 is 28.6 Å². The molecular weight excluding hydrogens is 349 g/mol. The van der Waals surface area contributed by atoms with Crippen molar-refractivity contribution in [3.05, 3.63) is 28.8 Å². The monoisotopic (exact) mass is 364 g/mol. The first-order valence-corrected chi connectivity index (χ1v) is 7.87. The Morgan fingerprint density at radius 3 is 2.46 bits per heavy atom. The van der Waals surface area contributed by atoms with Crippen LogP contribution in [0.15, 0.2) is 18.2 Å². The molecule has 1 aliphatic carbocycles. The Morgan fingerprint density at radius 2 is 1.92 bits per heavy atom. The fourth-order valence-electron chi connectivity index (χ4n) is 2.61. The molecule has 2 N–H and O–H groups in total. The van der Waals surface area contributed by atoms with E-state index in [9.17, 15) is 18.0 Å². The molecule has 1 aromatic carbocycles. The van der Waals surface area contributed by atoms with Crippen LogP contribution in [0.4, 0.5) is 23.7 Å². The van der Waals surface area contributed by atoms with Crippen LogP contribution in [-0.4, -0.2) is 31.1 Å². The topological polar surface area (TPSA) is 59.6 Å². The van der Waals surface area contributed by atoms with Crippen molar-refractivity contribution in [2.45, 2.75) is 37.3 Å². The van der Waals surface area contributed by atoms with Crippen LogP contribution in [0, 0.1) is 0 Å². The Labute approximate surface area is 141 Å². The van der Waals surface area contributed by atoms with E-state index in [0.29, 0.717) is 13.2 Å². The smallest absolute Gasteiger partial charge is 0.348 e. The van der Waals surface area contributed by atoms with Gasteiger partial charge in [0.1, 0.15) is 0 Å². The van der Waals surface area contributed by atoms with Gasteiger partial charge in [0.2, 0.25) is 0 Å². The zero-order chi connectivity index (χ0) is 17.4. The van der Waals surface area contributed by atoms with Crippen LogP contribution in [0.25, 0.3) is 0 Å². The summed E-state index contributed by atoms with van der Waals surface area (Å²) in [5, 5.41) is 4.55. The molecule has 5 nitrogen and oxygen atoms in total. The summed E-state index contributed by atoms with van der Waals surface area (Å²) < 4.78 is 49.6. The highest BCUT2D eigenvalue weighted by Gasteiger charge is 2.43. The molecule has 132 valence electrons. The number of carbonyl (C=O) groups excluding carboxylic acids is 1. The van der Waals surface area contributed by atoms with E-state index in [1.165, 1.54) is 6.07 Å². The van der Waals surface area contributed by atoms with Crippen molar-refractivity contribution in [1.82, 2.24) is 5.32 Å². The van der Waals surface area contributed by atoms with Gasteiger partial charge >= 0.3 is 12.2 Å². The summed E-state index contributed by atoms with van der Waals surface area (Å²) >= 11 is 5.54. The van der Waals surface area contributed by atoms with E-state index in [2.05, 4.69) is 10.6 Å². The van der Waals surface area contributed by atoms with Gasteiger partial charge in [-0.3, -0.25) is 0 Å². The summed E-state index contributed by atoms with van der Waals surface area (Å²) in [6.07, 6.45) is -1.85. The van der Waals surface area contributed by atoms with Crippen molar-refractivity contribution in [2.24, 2.45) is 0 Å². The van der Waals surface area contributed by atoms with Gasteiger partial charge in [0.05, 0.1) is 29.8 Å². The predicted octanol–water partition coefficient (Wildman–Crippen LogP) is 3.78. The lowest BCUT2D eigenvalue weighted by Crippen LogP contribution is -2.55. The summed E-state index contributed by atoms with van der Waals surface area (Å²) in [5.41, 5.74) is -1.00. The number of amides is 2. The Hall–Kier alpha value is -1.51. The third kappa shape index (κ3) is 3.76. The van der Waals surface area contributed by atoms with Crippen molar-refractivity contribution >= 4 is 23.3 Å². The minimum atomic E-state index is -4.59. The summed E-state index contributed by atoms with van der Waals surface area (Å²) in [4.78, 5) is 11.9. The van der Waals surface area contributed by atoms with Crippen LogP contribution in [0.3, 0.4) is 0 Å². The molecular formula is C15H16ClF3N2O3. The number of hydrogen-bond acceptors (Lipinski definition) is 3. The quantitative estimate of drug-likeness (QED) is 0.839. The molecule has 2 amide bonds. The molecule has 1 aromatic rings. The molecule has 0 unspecified atom stereocenters. The van der Waals surface area contributed by atoms with Crippen molar-refractivity contribution in [2.75, 3.05) is 18.5 Å². The second-order valence-electron chi connectivity index (χ2n) is 5.87. The number of rotatable bonds is 2. The first-order chi connectivity index (χ1) is 11.3. The molecule has 1 saturated carbocycles. The maximum absolute atomic E-state index is 12.8. The zero-order valence-electron chi connectivity index (χ0n) is 12.6. The Kier molecular flexibility index (Phi) is 4.63. The van der Waals surface area contributed by atoms with Gasteiger partial charge in [0.15, 0.2) is 5.79 Å². The maximum Gasteiger partial charge on any atom is 0.417 e. The van der Waals surface area contributed by atoms with Crippen molar-refractivity contribution < 1.29 is 27.4 Å². The molecule has 1 spiro atoms. The number of hydrogen-bond donors (Lipinski definition) is 2. The SMILES string of the molecule is O=C(Nc1ccc(Cl)c(C(F)(F)F)c1)NC1COC2(CCC2)OC1. The van der Waals surface area contributed by atoms with Gasteiger partial charge in [0.25, 0.3) is 0 Å². The van der Waals surface area contributed by atoms with Crippen LogP contribution >= 0.6 is 11.6 Å². The van der Waals surface area contributed by atoms with Gasteiger partial charge in [-0.1, -0.05) is 11.6 Å². The summed E-state index contributed by atoms with van der Waals surface area (Å²) in [5.74, 6) is -0.494. The van der Waals surface area contributed by atoms with E-state index in [1.807, 2.05) is 0 Å². The standard InChI is InChI=1S/C15H16ClF3N2O3/c16-12-3-2-9(6-11(12)15(17,18)19)20-13(22)21-10-7-23-14(24-8-10)4-1-5-14/h2-3,6,10H,1,4-5,7-8H2,(H2,20,21,22). The Morgan fingerprint density at radius 1 is 1.25 bits per heavy atom. The minimum Gasteiger partial charge on any atom is -0.348 e. The molecule has 2 fully saturated rings. The first kappa shape index (κ1) is 17.3. The van der Waals surface area contributed by atoms with Gasteiger partial charge in [-0.15, -0.1) is 0 Å². The predicted molar refractivity (Wildman–Crippen MR) is 80.9 cm³/mol. The molecule has 0 radical (unpaired) electrons. The Balaban J connectivity index is 1.55. The fraction of sp³-hybridized carbons (Fsp3) is 0.533. The van der Waals surface area contributed by atoms with E-state index >= 15 is 0 Å². The maximum atomic E-state index is 12.8. The van der Waals surface area contributed by atoms with Crippen LogP contribution < -0.4 is 10.6 Å². The molecule has 0 aromatic heterocycles. The normalized spacial score (nSPS) is 20.5. The van der Waals surface area contributed by atoms with E-state index in [-0.39, 0.29) is 11.7 Å². The number of ether oxygens (including phenoxy) is 2. The number of nitrogens with one attached hydrogen (secondary N) is 2. The number of urea groups is 1. The van der Waals surface area contributed by atoms with Crippen LogP contribution in [0.2, 0.25) is 5.02 Å². The number of alkyl halides is 3. The van der Waals surface area contributed by atoms with Crippen molar-refractivity contribution in [3.8, 4) is 0 Å². The number of carbonyl (C=O) groups is 1. The van der Waals surface area contributed by atoms with Gasteiger partial charge in [0, 0.05) is 18.5 Å². The third-order valence-corrected chi connectivity index (χ3v) is 4.40. The Bertz CT molecular complexity index is 625. The fourth-order valence-corrected chi connectivity index (χ4v) is 2.83. The average molecular weight is 365 g/mol. The van der Waals surface area contributed by atoms with Gasteiger partial charge < -0.3 is 20.1 Å². The second kappa shape index (κ2) is 6.42. The lowest BCUT2D eigenvalue weighted by Gasteiger charge is -2.45. The van der Waals surface area contributed by atoms with E-state index in [1.54, 1.807) is 0 Å². The van der Waals surface area contributed by atoms with Crippen molar-refractivity contribution in [1.29, 1.82) is 0 Å². The highest BCUT2D eigenvalue weighted by molar-refractivity contribution is 6.31. The van der Waals surface area contributed by atoms with Gasteiger partial charge in [-0.2, -0.15) is 13.2 Å². The molecule has 0 atom stereocenters. The third-order valence-electron chi connectivity index (χ3n) is 4.08. The number of halogens is 4. The van der Waals surface area contributed by atoms with Gasteiger partial charge in [-0.05, 0) is 24.6 Å². The average Bonchev–Trinajstić information content (AvgIpc) is 2.47.